The predicted molar refractivity (Wildman–Crippen MR) is 198 cm³/mol. The lowest BCUT2D eigenvalue weighted by atomic mass is 9.45. The zero-order valence-electron chi connectivity index (χ0n) is 32.0. The largest absolute Gasteiger partial charge is 0.508 e. The number of benzene rings is 2. The van der Waals surface area contributed by atoms with Gasteiger partial charge in [-0.2, -0.15) is 5.06 Å². The molecule has 1 aliphatic heterocycles. The van der Waals surface area contributed by atoms with Crippen molar-refractivity contribution in [1.29, 1.82) is 0 Å². The Labute approximate surface area is 300 Å². The molecule has 1 amide bonds. The maximum Gasteiger partial charge on any atom is 0.240 e. The number of nitrogens with zero attached hydrogens (tertiary/aromatic N) is 3. The quantitative estimate of drug-likeness (QED) is 0.208. The third-order valence-corrected chi connectivity index (χ3v) is 12.0. The number of hydrogen-bond acceptors (Lipinski definition) is 8. The van der Waals surface area contributed by atoms with Crippen molar-refractivity contribution in [2.75, 3.05) is 27.2 Å². The predicted octanol–water partition coefficient (Wildman–Crippen LogP) is 5.42. The van der Waals surface area contributed by atoms with Gasteiger partial charge in [0.05, 0.1) is 19.3 Å². The Kier molecular flexibility index (Phi) is 12.1. The number of aliphatic hydroxyl groups excluding tert-OH is 2. The topological polar surface area (TPSA) is 109 Å². The first-order valence-corrected chi connectivity index (χ1v) is 18.7. The highest BCUT2D eigenvalue weighted by Crippen LogP contribution is 2.61. The molecule has 1 saturated heterocycles. The summed E-state index contributed by atoms with van der Waals surface area (Å²) < 4.78 is 0. The van der Waals surface area contributed by atoms with Crippen LogP contribution in [0.15, 0.2) is 48.5 Å². The van der Waals surface area contributed by atoms with Crippen molar-refractivity contribution in [3.8, 4) is 5.75 Å². The van der Waals surface area contributed by atoms with E-state index < -0.39 is 24.2 Å². The van der Waals surface area contributed by atoms with Crippen LogP contribution in [0.3, 0.4) is 0 Å². The molecule has 3 aliphatic carbocycles. The highest BCUT2D eigenvalue weighted by Gasteiger charge is 2.57. The Morgan fingerprint density at radius 3 is 2.26 bits per heavy atom. The summed E-state index contributed by atoms with van der Waals surface area (Å²) in [5, 5.41) is 36.5. The number of hydrogen-bond donors (Lipinski definition) is 4. The molecule has 1 heterocycles. The molecule has 4 aliphatic rings. The zero-order valence-corrected chi connectivity index (χ0v) is 32.0. The van der Waals surface area contributed by atoms with Gasteiger partial charge in [-0.1, -0.05) is 77.9 Å². The number of aromatic hydroxyl groups is 1. The summed E-state index contributed by atoms with van der Waals surface area (Å²) >= 11 is 0. The molecule has 0 unspecified atom stereocenters. The van der Waals surface area contributed by atoms with Crippen LogP contribution in [0.25, 0.3) is 0 Å². The van der Waals surface area contributed by atoms with E-state index in [0.717, 1.165) is 36.1 Å². The average Bonchev–Trinajstić information content (AvgIpc) is 3.39. The van der Waals surface area contributed by atoms with Gasteiger partial charge in [0.25, 0.3) is 0 Å². The SMILES string of the molecule is C[C@H]1[C@@H](NC(=O)[C@@H]2[C@H]([C@H](C)O)[C@H](CO)ON2Cc2cccc(CN(Cc3cccc(O)c3)[C@H](CN(C)C)CC(C)(C)C)c2)C[C@@H]2C[C@@H]1C2(C)C. The fourth-order valence-electron chi connectivity index (χ4n) is 9.37. The van der Waals surface area contributed by atoms with Gasteiger partial charge in [0.2, 0.25) is 5.91 Å². The van der Waals surface area contributed by atoms with E-state index in [-0.39, 0.29) is 35.8 Å². The molecule has 4 N–H and O–H groups in total. The van der Waals surface area contributed by atoms with Crippen LogP contribution >= 0.6 is 0 Å². The normalized spacial score (nSPS) is 29.2. The van der Waals surface area contributed by atoms with Crippen molar-refractivity contribution in [3.63, 3.8) is 0 Å². The van der Waals surface area contributed by atoms with E-state index in [9.17, 15) is 20.1 Å². The molecule has 278 valence electrons. The molecule has 2 aromatic carbocycles. The lowest BCUT2D eigenvalue weighted by molar-refractivity contribution is -0.183. The van der Waals surface area contributed by atoms with Gasteiger partial charge in [-0.3, -0.25) is 14.5 Å². The number of likely N-dealkylation sites (N-methyl/N-ethyl adjacent to an activating group) is 1. The van der Waals surface area contributed by atoms with Crippen molar-refractivity contribution >= 4 is 5.91 Å². The number of fused-ring (bicyclic) bond motifs is 2. The number of carbonyl (C=O) groups is 1. The summed E-state index contributed by atoms with van der Waals surface area (Å²) in [5.74, 6) is 1.15. The molecule has 0 spiro atoms. The molecule has 0 aromatic heterocycles. The monoisotopic (exact) mass is 692 g/mol. The molecular formula is C41H64N4O5. The highest BCUT2D eigenvalue weighted by molar-refractivity contribution is 5.82. The fraction of sp³-hybridized carbons (Fsp3) is 0.683. The van der Waals surface area contributed by atoms with Gasteiger partial charge in [0, 0.05) is 37.6 Å². The average molecular weight is 693 g/mol. The molecule has 9 heteroatoms. The molecule has 2 aromatic rings. The first-order valence-electron chi connectivity index (χ1n) is 18.7. The van der Waals surface area contributed by atoms with Crippen molar-refractivity contribution in [2.45, 2.75) is 118 Å². The number of hydroxylamine groups is 2. The van der Waals surface area contributed by atoms with E-state index >= 15 is 0 Å². The maximum atomic E-state index is 14.2. The number of rotatable bonds is 14. The molecule has 9 atom stereocenters. The van der Waals surface area contributed by atoms with Gasteiger partial charge in [-0.25, -0.2) is 0 Å². The second kappa shape index (κ2) is 15.6. The summed E-state index contributed by atoms with van der Waals surface area (Å²) in [5.41, 5.74) is 3.64. The van der Waals surface area contributed by atoms with E-state index in [1.807, 2.05) is 12.1 Å². The molecule has 0 radical (unpaired) electrons. The van der Waals surface area contributed by atoms with E-state index in [1.54, 1.807) is 18.1 Å². The third kappa shape index (κ3) is 8.91. The fourth-order valence-corrected chi connectivity index (χ4v) is 9.37. The summed E-state index contributed by atoms with van der Waals surface area (Å²) in [6.07, 6.45) is 1.70. The van der Waals surface area contributed by atoms with Crippen LogP contribution < -0.4 is 5.32 Å². The molecule has 50 heavy (non-hydrogen) atoms. The van der Waals surface area contributed by atoms with Gasteiger partial charge in [0.15, 0.2) is 0 Å². The van der Waals surface area contributed by atoms with Crippen molar-refractivity contribution in [2.24, 2.45) is 34.5 Å². The number of amides is 1. The summed E-state index contributed by atoms with van der Waals surface area (Å²) in [4.78, 5) is 25.2. The third-order valence-electron chi connectivity index (χ3n) is 12.0. The molecule has 3 saturated carbocycles. The van der Waals surface area contributed by atoms with E-state index in [0.29, 0.717) is 42.8 Å². The van der Waals surface area contributed by atoms with Gasteiger partial charge in [-0.05, 0) is 97.7 Å². The Morgan fingerprint density at radius 2 is 1.70 bits per heavy atom. The minimum absolute atomic E-state index is 0.0907. The lowest BCUT2D eigenvalue weighted by Gasteiger charge is -2.62. The standard InChI is InChI=1S/C41H64N4O5/c1-26-34-18-31(41(34,6)7)19-35(26)42-39(49)38-37(27(2)47)36(25-46)50-45(38)23-29-13-10-12-28(16-29)21-44(22-30-14-11-15-33(48)17-30)32(24-43(8)9)20-40(3,4)5/h10-17,26-27,31-32,34-38,46-48H,18-25H2,1-9H3,(H,42,49)/t26-,27+,31+,32+,34+,35+,36+,37-,38+/m1/s1. The number of carbonyl (C=O) groups excluding carboxylic acids is 1. The van der Waals surface area contributed by atoms with E-state index in [2.05, 4.69) is 101 Å². The number of phenolic OH excluding ortho intramolecular Hbond substituents is 1. The van der Waals surface area contributed by atoms with Crippen LogP contribution in [-0.4, -0.2) is 93.7 Å². The zero-order chi connectivity index (χ0) is 36.5. The van der Waals surface area contributed by atoms with Gasteiger partial charge in [-0.15, -0.1) is 0 Å². The smallest absolute Gasteiger partial charge is 0.240 e. The van der Waals surface area contributed by atoms with Crippen LogP contribution in [0, 0.1) is 34.5 Å². The van der Waals surface area contributed by atoms with Crippen LogP contribution in [-0.2, 0) is 29.3 Å². The number of nitrogens with one attached hydrogen (secondary N) is 1. The molecule has 6 rings (SSSR count). The first kappa shape index (κ1) is 38.7. The Balaban J connectivity index is 1.37. The minimum Gasteiger partial charge on any atom is -0.508 e. The van der Waals surface area contributed by atoms with Crippen molar-refractivity contribution < 1.29 is 25.0 Å². The van der Waals surface area contributed by atoms with Crippen LogP contribution in [0.1, 0.15) is 84.4 Å². The maximum absolute atomic E-state index is 14.2. The van der Waals surface area contributed by atoms with Gasteiger partial charge < -0.3 is 25.5 Å². The van der Waals surface area contributed by atoms with Crippen LogP contribution in [0.2, 0.25) is 0 Å². The summed E-state index contributed by atoms with van der Waals surface area (Å²) in [6.45, 7) is 17.9. The Hall–Kier alpha value is -2.53. The second-order valence-electron chi connectivity index (χ2n) is 17.8. The molecule has 2 bridgehead atoms. The Morgan fingerprint density at radius 1 is 1.06 bits per heavy atom. The lowest BCUT2D eigenvalue weighted by Crippen LogP contribution is -2.62. The summed E-state index contributed by atoms with van der Waals surface area (Å²) in [6, 6.07) is 15.6. The summed E-state index contributed by atoms with van der Waals surface area (Å²) in [7, 11) is 4.23. The van der Waals surface area contributed by atoms with Crippen LogP contribution in [0.4, 0.5) is 0 Å². The molecule has 4 fully saturated rings. The molecular weight excluding hydrogens is 628 g/mol. The first-order chi connectivity index (χ1) is 23.5. The number of phenols is 1. The van der Waals surface area contributed by atoms with Crippen molar-refractivity contribution in [3.05, 3.63) is 65.2 Å². The van der Waals surface area contributed by atoms with Gasteiger partial charge in [0.1, 0.15) is 17.9 Å². The van der Waals surface area contributed by atoms with E-state index in [4.69, 9.17) is 4.84 Å². The Bertz CT molecular complexity index is 1440. The number of aliphatic hydroxyl groups is 2. The van der Waals surface area contributed by atoms with E-state index in [1.165, 1.54) is 6.42 Å². The second-order valence-corrected chi connectivity index (χ2v) is 17.8. The minimum atomic E-state index is -0.835. The van der Waals surface area contributed by atoms with Crippen molar-refractivity contribution in [1.82, 2.24) is 20.2 Å². The highest BCUT2D eigenvalue weighted by atomic mass is 16.7. The van der Waals surface area contributed by atoms with Gasteiger partial charge >= 0.3 is 0 Å². The van der Waals surface area contributed by atoms with Crippen LogP contribution in [0.5, 0.6) is 5.75 Å². The molecule has 9 nitrogen and oxygen atoms in total.